The molecule has 36 heavy (non-hydrogen) atoms. The highest BCUT2D eigenvalue weighted by Crippen LogP contribution is 2.37. The number of imidazole rings is 1. The van der Waals surface area contributed by atoms with Crippen molar-refractivity contribution in [1.29, 1.82) is 0 Å². The number of carbonyl (C=O) groups excluding carboxylic acids is 3. The van der Waals surface area contributed by atoms with Gasteiger partial charge in [-0.3, -0.25) is 14.5 Å². The summed E-state index contributed by atoms with van der Waals surface area (Å²) >= 11 is 2.25. The summed E-state index contributed by atoms with van der Waals surface area (Å²) in [5.41, 5.74) is 1.99. The van der Waals surface area contributed by atoms with Crippen molar-refractivity contribution in [3.05, 3.63) is 75.8 Å². The quantitative estimate of drug-likeness (QED) is 0.221. The van der Waals surface area contributed by atoms with Crippen molar-refractivity contribution in [1.82, 2.24) is 20.2 Å². The summed E-state index contributed by atoms with van der Waals surface area (Å²) in [5, 5.41) is 2.67. The van der Waals surface area contributed by atoms with Gasteiger partial charge in [-0.15, -0.1) is 0 Å². The highest BCUT2D eigenvalue weighted by Gasteiger charge is 2.46. The van der Waals surface area contributed by atoms with Gasteiger partial charge in [0.2, 0.25) is 0 Å². The number of H-pyrrole nitrogens is 1. The van der Waals surface area contributed by atoms with E-state index >= 15 is 0 Å². The molecular weight excluding hydrogens is 571 g/mol. The topological polar surface area (TPSA) is 104 Å². The first-order chi connectivity index (χ1) is 17.0. The van der Waals surface area contributed by atoms with E-state index in [1.807, 2.05) is 61.5 Å². The molecular formula is C27H29IN4O4. The van der Waals surface area contributed by atoms with E-state index < -0.39 is 35.6 Å². The van der Waals surface area contributed by atoms with Crippen LogP contribution in [0, 0.1) is 3.57 Å². The van der Waals surface area contributed by atoms with Crippen molar-refractivity contribution in [3.63, 3.8) is 0 Å². The number of halogens is 1. The third-order valence-electron chi connectivity index (χ3n) is 5.95. The molecule has 3 amide bonds. The summed E-state index contributed by atoms with van der Waals surface area (Å²) in [4.78, 5) is 48.1. The number of benzene rings is 2. The molecule has 1 fully saturated rings. The molecule has 188 valence electrons. The second kappa shape index (κ2) is 10.4. The molecule has 0 aliphatic carbocycles. The van der Waals surface area contributed by atoms with E-state index in [2.05, 4.69) is 37.9 Å². The highest BCUT2D eigenvalue weighted by atomic mass is 127. The second-order valence-electron chi connectivity index (χ2n) is 9.83. The van der Waals surface area contributed by atoms with Crippen LogP contribution in [0.2, 0.25) is 0 Å². The molecule has 1 aliphatic heterocycles. The molecule has 1 saturated heterocycles. The fraction of sp³-hybridized carbons (Fsp3) is 0.333. The van der Waals surface area contributed by atoms with Crippen molar-refractivity contribution >= 4 is 40.5 Å². The molecule has 0 bridgehead atoms. The third-order valence-corrected chi connectivity index (χ3v) is 6.67. The number of aromatic nitrogens is 2. The summed E-state index contributed by atoms with van der Waals surface area (Å²) in [5.74, 6) is -0.807. The van der Waals surface area contributed by atoms with Crippen LogP contribution in [-0.4, -0.2) is 44.4 Å². The number of carbonyl (C=O) groups is 3. The van der Waals surface area contributed by atoms with Crippen LogP contribution in [-0.2, 0) is 14.3 Å². The summed E-state index contributed by atoms with van der Waals surface area (Å²) in [7, 11) is 0. The fourth-order valence-corrected chi connectivity index (χ4v) is 4.64. The van der Waals surface area contributed by atoms with E-state index in [4.69, 9.17) is 4.74 Å². The zero-order chi connectivity index (χ0) is 26.0. The van der Waals surface area contributed by atoms with Crippen LogP contribution >= 0.6 is 22.6 Å². The van der Waals surface area contributed by atoms with E-state index in [-0.39, 0.29) is 12.3 Å². The second-order valence-corrected chi connectivity index (χ2v) is 11.1. The maximum absolute atomic E-state index is 13.5. The Hall–Kier alpha value is -3.21. The molecule has 1 aromatic heterocycles. The van der Waals surface area contributed by atoms with Crippen LogP contribution in [0.15, 0.2) is 60.8 Å². The maximum Gasteiger partial charge on any atom is 0.325 e. The Morgan fingerprint density at radius 2 is 1.78 bits per heavy atom. The Morgan fingerprint density at radius 1 is 1.11 bits per heavy atom. The average molecular weight is 600 g/mol. The average Bonchev–Trinajstić information content (AvgIpc) is 3.40. The first-order valence-corrected chi connectivity index (χ1v) is 12.8. The number of amides is 3. The molecule has 0 spiro atoms. The van der Waals surface area contributed by atoms with E-state index in [9.17, 15) is 14.4 Å². The SMILES string of the molecule is C[C@@H](c1ccccc1)[C@@H](c1ncc(-c2ccc(I)cc2)[nH]1)N1C(=O)N[C@H](CC(=O)OC(C)(C)C)C1=O. The lowest BCUT2D eigenvalue weighted by atomic mass is 9.91. The first kappa shape index (κ1) is 25.9. The van der Waals surface area contributed by atoms with Gasteiger partial charge in [-0.1, -0.05) is 49.4 Å². The van der Waals surface area contributed by atoms with Crippen LogP contribution in [0.25, 0.3) is 11.3 Å². The number of ether oxygens (including phenoxy) is 1. The minimum absolute atomic E-state index is 0.239. The number of nitrogens with zero attached hydrogens (tertiary/aromatic N) is 2. The molecule has 4 rings (SSSR count). The molecule has 0 saturated carbocycles. The predicted octanol–water partition coefficient (Wildman–Crippen LogP) is 5.18. The monoisotopic (exact) mass is 600 g/mol. The molecule has 0 unspecified atom stereocenters. The molecule has 2 N–H and O–H groups in total. The molecule has 9 heteroatoms. The van der Waals surface area contributed by atoms with E-state index in [1.54, 1.807) is 27.0 Å². The van der Waals surface area contributed by atoms with Gasteiger partial charge in [0.05, 0.1) is 18.3 Å². The van der Waals surface area contributed by atoms with Crippen LogP contribution in [0.4, 0.5) is 4.79 Å². The molecule has 1 aliphatic rings. The van der Waals surface area contributed by atoms with Gasteiger partial charge >= 0.3 is 12.0 Å². The van der Waals surface area contributed by atoms with Crippen molar-refractivity contribution in [2.45, 2.75) is 57.7 Å². The number of hydrogen-bond acceptors (Lipinski definition) is 5. The fourth-order valence-electron chi connectivity index (χ4n) is 4.28. The van der Waals surface area contributed by atoms with E-state index in [0.29, 0.717) is 5.82 Å². The lowest BCUT2D eigenvalue weighted by Crippen LogP contribution is -2.39. The molecule has 0 radical (unpaired) electrons. The summed E-state index contributed by atoms with van der Waals surface area (Å²) in [6, 6.07) is 15.4. The lowest BCUT2D eigenvalue weighted by molar-refractivity contribution is -0.156. The van der Waals surface area contributed by atoms with Crippen molar-refractivity contribution < 1.29 is 19.1 Å². The van der Waals surface area contributed by atoms with Gasteiger partial charge in [-0.2, -0.15) is 0 Å². The van der Waals surface area contributed by atoms with Crippen LogP contribution in [0.1, 0.15) is 57.5 Å². The number of rotatable bonds is 7. The number of esters is 1. The van der Waals surface area contributed by atoms with Gasteiger partial charge in [-0.05, 0) is 66.6 Å². The Balaban J connectivity index is 1.67. The van der Waals surface area contributed by atoms with E-state index in [0.717, 1.165) is 20.4 Å². The van der Waals surface area contributed by atoms with E-state index in [1.165, 1.54) is 4.90 Å². The predicted molar refractivity (Wildman–Crippen MR) is 144 cm³/mol. The zero-order valence-electron chi connectivity index (χ0n) is 20.6. The largest absolute Gasteiger partial charge is 0.460 e. The highest BCUT2D eigenvalue weighted by molar-refractivity contribution is 14.1. The maximum atomic E-state index is 13.5. The normalized spacial score (nSPS) is 17.6. The van der Waals surface area contributed by atoms with Gasteiger partial charge in [-0.25, -0.2) is 9.78 Å². The summed E-state index contributed by atoms with van der Waals surface area (Å²) in [6.45, 7) is 7.22. The molecule has 8 nitrogen and oxygen atoms in total. The Morgan fingerprint density at radius 3 is 2.42 bits per heavy atom. The van der Waals surface area contributed by atoms with Crippen LogP contribution in [0.3, 0.4) is 0 Å². The summed E-state index contributed by atoms with van der Waals surface area (Å²) < 4.78 is 6.47. The van der Waals surface area contributed by atoms with Gasteiger partial charge < -0.3 is 15.0 Å². The number of imide groups is 1. The van der Waals surface area contributed by atoms with Crippen molar-refractivity contribution in [3.8, 4) is 11.3 Å². The minimum Gasteiger partial charge on any atom is -0.460 e. The number of aromatic amines is 1. The minimum atomic E-state index is -0.997. The number of urea groups is 1. The lowest BCUT2D eigenvalue weighted by Gasteiger charge is -2.29. The zero-order valence-corrected chi connectivity index (χ0v) is 22.8. The number of hydrogen-bond donors (Lipinski definition) is 2. The molecule has 3 aromatic rings. The van der Waals surface area contributed by atoms with Crippen LogP contribution in [0.5, 0.6) is 0 Å². The summed E-state index contributed by atoms with van der Waals surface area (Å²) in [6.07, 6.45) is 1.47. The Kier molecular flexibility index (Phi) is 7.49. The molecule has 2 heterocycles. The van der Waals surface area contributed by atoms with Gasteiger partial charge in [0.1, 0.15) is 23.5 Å². The van der Waals surface area contributed by atoms with Crippen LogP contribution < -0.4 is 5.32 Å². The smallest absolute Gasteiger partial charge is 0.325 e. The Bertz CT molecular complexity index is 1250. The van der Waals surface area contributed by atoms with Crippen molar-refractivity contribution in [2.24, 2.45) is 0 Å². The van der Waals surface area contributed by atoms with Crippen molar-refractivity contribution in [2.75, 3.05) is 0 Å². The molecule has 3 atom stereocenters. The standard InChI is InChI=1S/C27H29IN4O4/c1-16(17-8-6-5-7-9-17)23(24-29-15-21(30-24)18-10-12-19(28)13-11-18)32-25(34)20(31-26(32)35)14-22(33)36-27(2,3)4/h5-13,15-16,20,23H,14H2,1-4H3,(H,29,30)(H,31,35)/t16-,20+,23-/m0/s1. The van der Waals surface area contributed by atoms with Gasteiger partial charge in [0.25, 0.3) is 5.91 Å². The number of nitrogens with one attached hydrogen (secondary N) is 2. The molecule has 2 aromatic carbocycles. The first-order valence-electron chi connectivity index (χ1n) is 11.7. The Labute approximate surface area is 224 Å². The van der Waals surface area contributed by atoms with Gasteiger partial charge in [0, 0.05) is 9.49 Å². The third kappa shape index (κ3) is 5.77. The van der Waals surface area contributed by atoms with Gasteiger partial charge in [0.15, 0.2) is 0 Å².